The fraction of sp³-hybridized carbons (Fsp3) is 0.435. The number of amides is 2. The first kappa shape index (κ1) is 23.4. The number of H-pyrrole nitrogens is 1. The standard InChI is InChI=1S/C23H30N8O3/c1-14-4-3-5-15(2)30(14)12-19(33)25-11-10-18(32)27-16-6-8-17(9-7-16)31-13-26-20-21(31)28-23(24)29-22(20)34/h6-9,13-15H,3-5,10-12H2,1-2H3,(H,25,33)(H,27,32)(H3,24,28,29,34). The van der Waals surface area contributed by atoms with Gasteiger partial charge in [0.05, 0.1) is 6.54 Å². The van der Waals surface area contributed by atoms with Crippen LogP contribution in [0.1, 0.15) is 39.5 Å². The van der Waals surface area contributed by atoms with E-state index in [0.29, 0.717) is 35.7 Å². The Morgan fingerprint density at radius 3 is 2.56 bits per heavy atom. The summed E-state index contributed by atoms with van der Waals surface area (Å²) in [6, 6.07) is 7.84. The second-order valence-corrected chi connectivity index (χ2v) is 8.73. The van der Waals surface area contributed by atoms with Crippen molar-refractivity contribution in [1.29, 1.82) is 0 Å². The Kier molecular flexibility index (Phi) is 6.92. The molecule has 2 amide bonds. The number of piperidine rings is 1. The Hall–Kier alpha value is -3.73. The second kappa shape index (κ2) is 10.0. The molecule has 5 N–H and O–H groups in total. The minimum absolute atomic E-state index is 0.00942. The van der Waals surface area contributed by atoms with E-state index in [-0.39, 0.29) is 36.2 Å². The summed E-state index contributed by atoms with van der Waals surface area (Å²) in [5.41, 5.74) is 7.11. The minimum atomic E-state index is -0.405. The predicted molar refractivity (Wildman–Crippen MR) is 130 cm³/mol. The van der Waals surface area contributed by atoms with Crippen molar-refractivity contribution in [2.24, 2.45) is 0 Å². The number of nitrogen functional groups attached to an aromatic ring is 1. The Balaban J connectivity index is 1.28. The summed E-state index contributed by atoms with van der Waals surface area (Å²) >= 11 is 0. The minimum Gasteiger partial charge on any atom is -0.369 e. The summed E-state index contributed by atoms with van der Waals surface area (Å²) in [6.07, 6.45) is 5.09. The molecule has 1 aliphatic rings. The number of rotatable bonds is 7. The third-order valence-corrected chi connectivity index (χ3v) is 6.23. The molecule has 0 aliphatic carbocycles. The number of fused-ring (bicyclic) bond motifs is 1. The summed E-state index contributed by atoms with van der Waals surface area (Å²) in [5.74, 6) is -0.240. The lowest BCUT2D eigenvalue weighted by molar-refractivity contribution is -0.124. The zero-order valence-electron chi connectivity index (χ0n) is 19.4. The quantitative estimate of drug-likeness (QED) is 0.411. The van der Waals surface area contributed by atoms with E-state index in [4.69, 9.17) is 5.73 Å². The van der Waals surface area contributed by atoms with Crippen LogP contribution in [-0.2, 0) is 9.59 Å². The maximum atomic E-state index is 12.3. The second-order valence-electron chi connectivity index (χ2n) is 8.73. The summed E-state index contributed by atoms with van der Waals surface area (Å²) in [5, 5.41) is 5.67. The van der Waals surface area contributed by atoms with Gasteiger partial charge in [-0.2, -0.15) is 4.98 Å². The molecule has 2 atom stereocenters. The van der Waals surface area contributed by atoms with E-state index < -0.39 is 5.56 Å². The first-order chi connectivity index (χ1) is 16.3. The number of nitrogens with two attached hydrogens (primary N) is 1. The Labute approximate surface area is 196 Å². The van der Waals surface area contributed by atoms with Crippen molar-refractivity contribution < 1.29 is 9.59 Å². The Morgan fingerprint density at radius 2 is 1.85 bits per heavy atom. The van der Waals surface area contributed by atoms with Crippen LogP contribution >= 0.6 is 0 Å². The van der Waals surface area contributed by atoms with Gasteiger partial charge in [0, 0.05) is 36.4 Å². The normalized spacial score (nSPS) is 18.6. The number of carbonyl (C=O) groups excluding carboxylic acids is 2. The van der Waals surface area contributed by atoms with Gasteiger partial charge in [-0.1, -0.05) is 6.42 Å². The first-order valence-electron chi connectivity index (χ1n) is 11.5. The smallest absolute Gasteiger partial charge is 0.280 e. The lowest BCUT2D eigenvalue weighted by Gasteiger charge is -2.38. The molecule has 180 valence electrons. The number of anilines is 2. The summed E-state index contributed by atoms with van der Waals surface area (Å²) in [4.78, 5) is 49.4. The van der Waals surface area contributed by atoms with Crippen LogP contribution in [0, 0.1) is 0 Å². The molecule has 2 aromatic heterocycles. The summed E-state index contributed by atoms with van der Waals surface area (Å²) < 4.78 is 1.64. The fourth-order valence-electron chi connectivity index (χ4n) is 4.37. The van der Waals surface area contributed by atoms with Gasteiger partial charge in [0.15, 0.2) is 11.2 Å². The van der Waals surface area contributed by atoms with Crippen LogP contribution in [0.25, 0.3) is 16.9 Å². The maximum absolute atomic E-state index is 12.3. The molecule has 1 fully saturated rings. The number of imidazole rings is 1. The number of hydrogen-bond donors (Lipinski definition) is 4. The predicted octanol–water partition coefficient (Wildman–Crippen LogP) is 1.40. The molecule has 1 aromatic carbocycles. The zero-order chi connectivity index (χ0) is 24.2. The van der Waals surface area contributed by atoms with Crippen molar-refractivity contribution in [3.05, 3.63) is 40.9 Å². The van der Waals surface area contributed by atoms with Crippen LogP contribution in [0.5, 0.6) is 0 Å². The van der Waals surface area contributed by atoms with E-state index in [0.717, 1.165) is 12.8 Å². The molecule has 0 bridgehead atoms. The van der Waals surface area contributed by atoms with E-state index in [9.17, 15) is 14.4 Å². The van der Waals surface area contributed by atoms with Crippen molar-refractivity contribution >= 4 is 34.6 Å². The topological polar surface area (TPSA) is 151 Å². The number of aromatic amines is 1. The lowest BCUT2D eigenvalue weighted by Crippen LogP contribution is -2.48. The monoisotopic (exact) mass is 466 g/mol. The SMILES string of the molecule is CC1CCCC(C)N1CC(=O)NCCC(=O)Nc1ccc(-n2cnc3c(=O)[nH]c(N)nc32)cc1. The molecule has 0 radical (unpaired) electrons. The Bertz CT molecular complexity index is 1220. The van der Waals surface area contributed by atoms with Gasteiger partial charge >= 0.3 is 0 Å². The number of hydrogen-bond acceptors (Lipinski definition) is 7. The van der Waals surface area contributed by atoms with Gasteiger partial charge < -0.3 is 16.4 Å². The lowest BCUT2D eigenvalue weighted by atomic mass is 9.97. The van der Waals surface area contributed by atoms with E-state index >= 15 is 0 Å². The van der Waals surface area contributed by atoms with Gasteiger partial charge in [-0.15, -0.1) is 0 Å². The Morgan fingerprint density at radius 1 is 1.15 bits per heavy atom. The molecule has 2 unspecified atom stereocenters. The van der Waals surface area contributed by atoms with Crippen LogP contribution in [-0.4, -0.2) is 61.4 Å². The van der Waals surface area contributed by atoms with E-state index in [1.54, 1.807) is 28.8 Å². The van der Waals surface area contributed by atoms with Crippen molar-refractivity contribution in [1.82, 2.24) is 29.7 Å². The molecule has 34 heavy (non-hydrogen) atoms. The third-order valence-electron chi connectivity index (χ3n) is 6.23. The summed E-state index contributed by atoms with van der Waals surface area (Å²) in [7, 11) is 0. The van der Waals surface area contributed by atoms with Gasteiger partial charge in [-0.3, -0.25) is 28.8 Å². The number of aromatic nitrogens is 4. The molecule has 3 aromatic rings. The van der Waals surface area contributed by atoms with E-state index in [1.165, 1.54) is 12.7 Å². The van der Waals surface area contributed by atoms with Gasteiger partial charge in [-0.05, 0) is 51.0 Å². The molecule has 3 heterocycles. The molecule has 0 saturated carbocycles. The highest BCUT2D eigenvalue weighted by molar-refractivity contribution is 5.91. The van der Waals surface area contributed by atoms with E-state index in [2.05, 4.69) is 44.3 Å². The van der Waals surface area contributed by atoms with Gasteiger partial charge in [0.2, 0.25) is 17.8 Å². The largest absolute Gasteiger partial charge is 0.369 e. The van der Waals surface area contributed by atoms with Gasteiger partial charge in [0.1, 0.15) is 6.33 Å². The van der Waals surface area contributed by atoms with Gasteiger partial charge in [-0.25, -0.2) is 4.98 Å². The van der Waals surface area contributed by atoms with Crippen LogP contribution < -0.4 is 21.9 Å². The maximum Gasteiger partial charge on any atom is 0.280 e. The molecule has 1 saturated heterocycles. The molecule has 1 aliphatic heterocycles. The van der Waals surface area contributed by atoms with Crippen molar-refractivity contribution in [3.63, 3.8) is 0 Å². The van der Waals surface area contributed by atoms with Crippen molar-refractivity contribution in [3.8, 4) is 5.69 Å². The highest BCUT2D eigenvalue weighted by atomic mass is 16.2. The number of nitrogens with zero attached hydrogens (tertiary/aromatic N) is 4. The average Bonchev–Trinajstić information content (AvgIpc) is 3.21. The van der Waals surface area contributed by atoms with Crippen LogP contribution in [0.2, 0.25) is 0 Å². The fourth-order valence-corrected chi connectivity index (χ4v) is 4.37. The van der Waals surface area contributed by atoms with Crippen LogP contribution in [0.15, 0.2) is 35.4 Å². The van der Waals surface area contributed by atoms with Crippen LogP contribution in [0.3, 0.4) is 0 Å². The molecular weight excluding hydrogens is 436 g/mol. The number of nitrogens with one attached hydrogen (secondary N) is 3. The highest BCUT2D eigenvalue weighted by Gasteiger charge is 2.26. The summed E-state index contributed by atoms with van der Waals surface area (Å²) in [6.45, 7) is 4.95. The van der Waals surface area contributed by atoms with Crippen molar-refractivity contribution in [2.75, 3.05) is 24.1 Å². The highest BCUT2D eigenvalue weighted by Crippen LogP contribution is 2.22. The number of benzene rings is 1. The van der Waals surface area contributed by atoms with Crippen LogP contribution in [0.4, 0.5) is 11.6 Å². The number of carbonyl (C=O) groups is 2. The van der Waals surface area contributed by atoms with E-state index in [1.807, 2.05) is 0 Å². The molecule has 11 heteroatoms. The molecule has 11 nitrogen and oxygen atoms in total. The van der Waals surface area contributed by atoms with Crippen molar-refractivity contribution in [2.45, 2.75) is 51.6 Å². The third kappa shape index (κ3) is 5.25. The zero-order valence-corrected chi connectivity index (χ0v) is 19.4. The molecule has 0 spiro atoms. The van der Waals surface area contributed by atoms with Gasteiger partial charge in [0.25, 0.3) is 5.56 Å². The molecule has 4 rings (SSSR count). The number of likely N-dealkylation sites (tertiary alicyclic amines) is 1. The average molecular weight is 467 g/mol. The first-order valence-corrected chi connectivity index (χ1v) is 11.5. The molecular formula is C23H30N8O3.